The van der Waals surface area contributed by atoms with Crippen LogP contribution >= 0.6 is 11.8 Å². The highest BCUT2D eigenvalue weighted by Gasteiger charge is 2.28. The van der Waals surface area contributed by atoms with Gasteiger partial charge in [-0.3, -0.25) is 9.59 Å². The van der Waals surface area contributed by atoms with Gasteiger partial charge in [-0.15, -0.1) is 11.8 Å². The maximum atomic E-state index is 13.7. The molecule has 0 aromatic heterocycles. The summed E-state index contributed by atoms with van der Waals surface area (Å²) in [5.41, 5.74) is 0.733. The Hall–Kier alpha value is -2.42. The molecule has 0 aliphatic heterocycles. The predicted octanol–water partition coefficient (Wildman–Crippen LogP) is 4.70. The summed E-state index contributed by atoms with van der Waals surface area (Å²) in [5.74, 6) is -11.3. The number of benzene rings is 2. The van der Waals surface area contributed by atoms with Crippen LogP contribution in [0.5, 0.6) is 0 Å². The van der Waals surface area contributed by atoms with Gasteiger partial charge in [-0.1, -0.05) is 0 Å². The summed E-state index contributed by atoms with van der Waals surface area (Å²) >= 11 is 0.206. The lowest BCUT2D eigenvalue weighted by Crippen LogP contribution is -2.23. The molecule has 0 spiro atoms. The quantitative estimate of drug-likeness (QED) is 0.265. The molecule has 26 heavy (non-hydrogen) atoms. The van der Waals surface area contributed by atoms with Crippen molar-refractivity contribution in [3.05, 3.63) is 58.9 Å². The second-order valence-electron chi connectivity index (χ2n) is 5.28. The molecule has 0 bridgehead atoms. The number of carbonyl (C=O) groups excluding carboxylic acids is 2. The maximum absolute atomic E-state index is 13.7. The van der Waals surface area contributed by atoms with Crippen LogP contribution in [-0.4, -0.2) is 16.9 Å². The molecular weight excluding hydrogens is 377 g/mol. The van der Waals surface area contributed by atoms with E-state index in [1.165, 1.54) is 38.1 Å². The molecule has 1 N–H and O–H groups in total. The van der Waals surface area contributed by atoms with Crippen LogP contribution in [0.4, 0.5) is 27.6 Å². The van der Waals surface area contributed by atoms with Crippen molar-refractivity contribution in [2.24, 2.45) is 0 Å². The highest BCUT2D eigenvalue weighted by atomic mass is 32.2. The minimum absolute atomic E-state index is 0.168. The summed E-state index contributed by atoms with van der Waals surface area (Å²) in [6, 6.07) is 5.84. The Morgan fingerprint density at radius 2 is 1.35 bits per heavy atom. The minimum Gasteiger partial charge on any atom is -0.325 e. The van der Waals surface area contributed by atoms with Gasteiger partial charge in [-0.25, -0.2) is 22.0 Å². The molecule has 2 aromatic carbocycles. The molecule has 0 aliphatic carbocycles. The van der Waals surface area contributed by atoms with E-state index < -0.39 is 45.1 Å². The lowest BCUT2D eigenvalue weighted by molar-refractivity contribution is -0.115. The zero-order valence-corrected chi connectivity index (χ0v) is 14.3. The lowest BCUT2D eigenvalue weighted by Gasteiger charge is -2.14. The normalized spacial score (nSPS) is 12.0. The molecular formula is C17H12F5NO2S. The molecule has 9 heteroatoms. The molecule has 1 atom stereocenters. The van der Waals surface area contributed by atoms with Crippen molar-refractivity contribution in [3.8, 4) is 0 Å². The van der Waals surface area contributed by atoms with Crippen molar-refractivity contribution in [2.45, 2.75) is 24.0 Å². The molecule has 0 aliphatic rings. The van der Waals surface area contributed by atoms with Crippen molar-refractivity contribution in [3.63, 3.8) is 0 Å². The van der Waals surface area contributed by atoms with Crippen LogP contribution in [0.1, 0.15) is 24.2 Å². The second-order valence-corrected chi connectivity index (χ2v) is 6.63. The number of ketones is 1. The van der Waals surface area contributed by atoms with Crippen LogP contribution in [0.15, 0.2) is 29.2 Å². The third-order valence-corrected chi connectivity index (χ3v) is 4.55. The van der Waals surface area contributed by atoms with E-state index in [1.54, 1.807) is 0 Å². The monoisotopic (exact) mass is 389 g/mol. The topological polar surface area (TPSA) is 46.2 Å². The number of thioether (sulfide) groups is 1. The first-order valence-electron chi connectivity index (χ1n) is 7.23. The molecule has 0 unspecified atom stereocenters. The second kappa shape index (κ2) is 7.86. The Kier molecular flexibility index (Phi) is 6.01. The van der Waals surface area contributed by atoms with Crippen LogP contribution in [0.3, 0.4) is 0 Å². The van der Waals surface area contributed by atoms with Crippen molar-refractivity contribution in [1.29, 1.82) is 0 Å². The first kappa shape index (κ1) is 19.9. The van der Waals surface area contributed by atoms with Gasteiger partial charge in [0, 0.05) is 11.3 Å². The van der Waals surface area contributed by atoms with Gasteiger partial charge in [0.05, 0.1) is 10.1 Å². The van der Waals surface area contributed by atoms with E-state index in [1.807, 2.05) is 0 Å². The molecule has 3 nitrogen and oxygen atoms in total. The van der Waals surface area contributed by atoms with E-state index in [2.05, 4.69) is 5.32 Å². The van der Waals surface area contributed by atoms with Crippen LogP contribution in [-0.2, 0) is 4.79 Å². The van der Waals surface area contributed by atoms with Crippen molar-refractivity contribution in [1.82, 2.24) is 0 Å². The van der Waals surface area contributed by atoms with E-state index in [9.17, 15) is 31.5 Å². The van der Waals surface area contributed by atoms with E-state index in [-0.39, 0.29) is 17.5 Å². The van der Waals surface area contributed by atoms with Gasteiger partial charge in [0.1, 0.15) is 0 Å². The number of nitrogens with one attached hydrogen (secondary N) is 1. The van der Waals surface area contributed by atoms with Crippen molar-refractivity contribution < 1.29 is 31.5 Å². The molecule has 0 fully saturated rings. The summed E-state index contributed by atoms with van der Waals surface area (Å²) in [5, 5.41) is 1.27. The summed E-state index contributed by atoms with van der Waals surface area (Å²) in [6.07, 6.45) is 0. The SMILES string of the molecule is CC(=O)c1ccc(NC(=O)[C@H](C)Sc2c(F)c(F)c(F)c(F)c2F)cc1. The number of halogens is 5. The smallest absolute Gasteiger partial charge is 0.237 e. The summed E-state index contributed by atoms with van der Waals surface area (Å²) < 4.78 is 66.8. The van der Waals surface area contributed by atoms with Gasteiger partial charge in [0.25, 0.3) is 0 Å². The van der Waals surface area contributed by atoms with Crippen LogP contribution in [0.2, 0.25) is 0 Å². The van der Waals surface area contributed by atoms with Crippen LogP contribution < -0.4 is 5.32 Å². The van der Waals surface area contributed by atoms with Crippen LogP contribution in [0, 0.1) is 29.1 Å². The number of hydrogen-bond acceptors (Lipinski definition) is 3. The molecule has 0 heterocycles. The summed E-state index contributed by atoms with van der Waals surface area (Å²) in [4.78, 5) is 22.1. The first-order chi connectivity index (χ1) is 12.1. The number of rotatable bonds is 5. The van der Waals surface area contributed by atoms with E-state index in [0.717, 1.165) is 0 Å². The number of amides is 1. The highest BCUT2D eigenvalue weighted by Crippen LogP contribution is 2.33. The fourth-order valence-corrected chi connectivity index (χ4v) is 2.86. The standard InChI is InChI=1S/C17H12F5NO2S/c1-7(24)9-3-5-10(6-4-9)23-17(25)8(2)26-16-14(21)12(19)11(18)13(20)15(16)22/h3-6,8H,1-2H3,(H,23,25)/t8-/m0/s1. The molecule has 0 saturated carbocycles. The van der Waals surface area contributed by atoms with Gasteiger partial charge in [-0.05, 0) is 38.1 Å². The number of carbonyl (C=O) groups is 2. The third kappa shape index (κ3) is 4.04. The molecule has 1 amide bonds. The van der Waals surface area contributed by atoms with Gasteiger partial charge in [-0.2, -0.15) is 0 Å². The van der Waals surface area contributed by atoms with Gasteiger partial charge < -0.3 is 5.32 Å². The number of Topliss-reactive ketones (excluding diaryl/α,β-unsaturated/α-hetero) is 1. The Bertz CT molecular complexity index is 841. The zero-order valence-electron chi connectivity index (χ0n) is 13.5. The maximum Gasteiger partial charge on any atom is 0.237 e. The Balaban J connectivity index is 2.16. The summed E-state index contributed by atoms with van der Waals surface area (Å²) in [6.45, 7) is 2.62. The minimum atomic E-state index is -2.26. The van der Waals surface area contributed by atoms with E-state index in [0.29, 0.717) is 11.3 Å². The van der Waals surface area contributed by atoms with Gasteiger partial charge in [0.2, 0.25) is 11.7 Å². The highest BCUT2D eigenvalue weighted by molar-refractivity contribution is 8.00. The van der Waals surface area contributed by atoms with Crippen molar-refractivity contribution >= 4 is 29.1 Å². The summed E-state index contributed by atoms with van der Waals surface area (Å²) in [7, 11) is 0. The predicted molar refractivity (Wildman–Crippen MR) is 86.6 cm³/mol. The number of anilines is 1. The molecule has 2 aromatic rings. The number of hydrogen-bond donors (Lipinski definition) is 1. The Morgan fingerprint density at radius 3 is 1.81 bits per heavy atom. The average Bonchev–Trinajstić information content (AvgIpc) is 2.62. The molecule has 138 valence electrons. The third-order valence-electron chi connectivity index (χ3n) is 3.39. The largest absolute Gasteiger partial charge is 0.325 e. The Morgan fingerprint density at radius 1 is 0.885 bits per heavy atom. The molecule has 0 saturated heterocycles. The first-order valence-corrected chi connectivity index (χ1v) is 8.11. The van der Waals surface area contributed by atoms with Crippen LogP contribution in [0.25, 0.3) is 0 Å². The fraction of sp³-hybridized carbons (Fsp3) is 0.176. The fourth-order valence-electron chi connectivity index (χ4n) is 1.95. The average molecular weight is 389 g/mol. The zero-order chi connectivity index (χ0) is 19.6. The van der Waals surface area contributed by atoms with Gasteiger partial charge >= 0.3 is 0 Å². The molecule has 2 rings (SSSR count). The molecule has 0 radical (unpaired) electrons. The van der Waals surface area contributed by atoms with E-state index in [4.69, 9.17) is 0 Å². The van der Waals surface area contributed by atoms with E-state index >= 15 is 0 Å². The van der Waals surface area contributed by atoms with Crippen molar-refractivity contribution in [2.75, 3.05) is 5.32 Å². The Labute approximate surface area is 149 Å². The lowest BCUT2D eigenvalue weighted by atomic mass is 10.1. The van der Waals surface area contributed by atoms with Gasteiger partial charge in [0.15, 0.2) is 29.1 Å².